The number of rotatable bonds is 7. The molecule has 0 fully saturated rings. The number of esters is 1. The average Bonchev–Trinajstić information content (AvgIpc) is 2.99. The highest BCUT2D eigenvalue weighted by Crippen LogP contribution is 2.29. The standard InChI is InChI=1S/C16H20N2O3S2/c1-4-10(2)14(15(20)21-3)18-13(19)9-22-16-17-11-7-5-6-8-12(11)23-16/h5-8,10,14H,4,9H2,1-3H3,(H,18,19). The molecule has 1 amide bonds. The molecule has 0 aliphatic rings. The second-order valence-electron chi connectivity index (χ2n) is 5.19. The zero-order valence-electron chi connectivity index (χ0n) is 13.4. The molecule has 0 aliphatic carbocycles. The number of aromatic nitrogens is 1. The maximum Gasteiger partial charge on any atom is 0.328 e. The molecule has 2 rings (SSSR count). The smallest absolute Gasteiger partial charge is 0.328 e. The molecule has 1 N–H and O–H groups in total. The van der Waals surface area contributed by atoms with Crippen molar-refractivity contribution in [3.8, 4) is 0 Å². The summed E-state index contributed by atoms with van der Waals surface area (Å²) in [6.45, 7) is 3.89. The number of hydrogen-bond donors (Lipinski definition) is 1. The monoisotopic (exact) mass is 352 g/mol. The third kappa shape index (κ3) is 4.68. The highest BCUT2D eigenvalue weighted by atomic mass is 32.2. The average molecular weight is 352 g/mol. The van der Waals surface area contributed by atoms with Crippen molar-refractivity contribution in [2.24, 2.45) is 5.92 Å². The molecule has 0 aliphatic heterocycles. The Morgan fingerprint density at radius 1 is 1.39 bits per heavy atom. The van der Waals surface area contributed by atoms with Crippen molar-refractivity contribution in [2.45, 2.75) is 30.6 Å². The van der Waals surface area contributed by atoms with Crippen molar-refractivity contribution in [3.05, 3.63) is 24.3 Å². The molecule has 0 radical (unpaired) electrons. The van der Waals surface area contributed by atoms with Gasteiger partial charge in [-0.2, -0.15) is 0 Å². The summed E-state index contributed by atoms with van der Waals surface area (Å²) in [4.78, 5) is 28.4. The number of fused-ring (bicyclic) bond motifs is 1. The summed E-state index contributed by atoms with van der Waals surface area (Å²) in [5.74, 6) is -0.342. The first-order valence-corrected chi connectivity index (χ1v) is 9.21. The number of carbonyl (C=O) groups excluding carboxylic acids is 2. The topological polar surface area (TPSA) is 68.3 Å². The Kier molecular flexibility index (Phi) is 6.41. The van der Waals surface area contributed by atoms with Gasteiger partial charge in [0, 0.05) is 0 Å². The molecule has 5 nitrogen and oxygen atoms in total. The van der Waals surface area contributed by atoms with Gasteiger partial charge in [-0.15, -0.1) is 11.3 Å². The van der Waals surface area contributed by atoms with Crippen LogP contribution in [0.1, 0.15) is 20.3 Å². The van der Waals surface area contributed by atoms with E-state index in [0.29, 0.717) is 0 Å². The largest absolute Gasteiger partial charge is 0.467 e. The number of carbonyl (C=O) groups is 2. The highest BCUT2D eigenvalue weighted by Gasteiger charge is 2.26. The van der Waals surface area contributed by atoms with Crippen LogP contribution in [0.25, 0.3) is 10.2 Å². The minimum absolute atomic E-state index is 0.0267. The highest BCUT2D eigenvalue weighted by molar-refractivity contribution is 8.01. The Morgan fingerprint density at radius 2 is 2.13 bits per heavy atom. The Bertz CT molecular complexity index is 654. The lowest BCUT2D eigenvalue weighted by Gasteiger charge is -2.21. The normalized spacial score (nSPS) is 13.5. The van der Waals surface area contributed by atoms with Crippen LogP contribution in [0.2, 0.25) is 0 Å². The number of amides is 1. The fraction of sp³-hybridized carbons (Fsp3) is 0.438. The summed E-state index contributed by atoms with van der Waals surface area (Å²) in [5, 5.41) is 2.76. The number of methoxy groups -OCH3 is 1. The summed E-state index contributed by atoms with van der Waals surface area (Å²) in [6, 6.07) is 7.26. The minimum Gasteiger partial charge on any atom is -0.467 e. The molecule has 2 atom stereocenters. The van der Waals surface area contributed by atoms with Gasteiger partial charge < -0.3 is 10.1 Å². The first kappa shape index (κ1) is 17.7. The van der Waals surface area contributed by atoms with Gasteiger partial charge in [0.15, 0.2) is 4.34 Å². The van der Waals surface area contributed by atoms with Crippen LogP contribution >= 0.6 is 23.1 Å². The van der Waals surface area contributed by atoms with Gasteiger partial charge in [0.05, 0.1) is 23.1 Å². The summed E-state index contributed by atoms with van der Waals surface area (Å²) < 4.78 is 6.71. The molecule has 7 heteroatoms. The van der Waals surface area contributed by atoms with E-state index in [9.17, 15) is 9.59 Å². The number of para-hydroxylation sites is 1. The SMILES string of the molecule is CCC(C)C(NC(=O)CSc1nc2ccccc2s1)C(=O)OC. The fourth-order valence-corrected chi connectivity index (χ4v) is 3.93. The van der Waals surface area contributed by atoms with Gasteiger partial charge >= 0.3 is 5.97 Å². The van der Waals surface area contributed by atoms with Gasteiger partial charge in [-0.05, 0) is 18.1 Å². The molecular formula is C16H20N2O3S2. The number of hydrogen-bond acceptors (Lipinski definition) is 6. The van der Waals surface area contributed by atoms with E-state index in [2.05, 4.69) is 10.3 Å². The van der Waals surface area contributed by atoms with Crippen LogP contribution in [0.5, 0.6) is 0 Å². The molecule has 1 heterocycles. The van der Waals surface area contributed by atoms with E-state index in [4.69, 9.17) is 4.74 Å². The van der Waals surface area contributed by atoms with Crippen molar-refractivity contribution in [1.82, 2.24) is 10.3 Å². The van der Waals surface area contributed by atoms with Crippen LogP contribution in [0.15, 0.2) is 28.6 Å². The fourth-order valence-electron chi connectivity index (χ4n) is 2.05. The molecule has 1 aromatic heterocycles. The molecule has 1 aromatic carbocycles. The molecule has 0 spiro atoms. The van der Waals surface area contributed by atoms with Crippen molar-refractivity contribution in [3.63, 3.8) is 0 Å². The third-order valence-electron chi connectivity index (χ3n) is 3.59. The number of thioether (sulfide) groups is 1. The second-order valence-corrected chi connectivity index (χ2v) is 7.44. The van der Waals surface area contributed by atoms with Gasteiger partial charge in [0.1, 0.15) is 6.04 Å². The lowest BCUT2D eigenvalue weighted by Crippen LogP contribution is -2.46. The first-order chi connectivity index (χ1) is 11.0. The minimum atomic E-state index is -0.603. The van der Waals surface area contributed by atoms with Crippen LogP contribution in [-0.2, 0) is 14.3 Å². The quantitative estimate of drug-likeness (QED) is 0.612. The zero-order valence-corrected chi connectivity index (χ0v) is 15.0. The number of ether oxygens (including phenoxy) is 1. The van der Waals surface area contributed by atoms with Crippen LogP contribution in [0.3, 0.4) is 0 Å². The van der Waals surface area contributed by atoms with Gasteiger partial charge in [-0.1, -0.05) is 44.2 Å². The van der Waals surface area contributed by atoms with E-state index in [1.165, 1.54) is 18.9 Å². The molecule has 0 bridgehead atoms. The van der Waals surface area contributed by atoms with E-state index in [0.717, 1.165) is 21.0 Å². The lowest BCUT2D eigenvalue weighted by molar-refractivity contribution is -0.146. The van der Waals surface area contributed by atoms with E-state index < -0.39 is 12.0 Å². The second kappa shape index (κ2) is 8.31. The van der Waals surface area contributed by atoms with Gasteiger partial charge in [-0.3, -0.25) is 4.79 Å². The Labute approximate surface area is 143 Å². The first-order valence-electron chi connectivity index (χ1n) is 7.40. The molecule has 23 heavy (non-hydrogen) atoms. The maximum atomic E-state index is 12.1. The zero-order chi connectivity index (χ0) is 16.8. The summed E-state index contributed by atoms with van der Waals surface area (Å²) >= 11 is 2.94. The van der Waals surface area contributed by atoms with Gasteiger partial charge in [0.25, 0.3) is 0 Å². The van der Waals surface area contributed by atoms with Crippen molar-refractivity contribution in [2.75, 3.05) is 12.9 Å². The predicted molar refractivity (Wildman–Crippen MR) is 93.7 cm³/mol. The lowest BCUT2D eigenvalue weighted by atomic mass is 9.99. The molecule has 2 aromatic rings. The van der Waals surface area contributed by atoms with Crippen molar-refractivity contribution >= 4 is 45.2 Å². The van der Waals surface area contributed by atoms with E-state index in [1.807, 2.05) is 38.1 Å². The Balaban J connectivity index is 1.94. The third-order valence-corrected chi connectivity index (χ3v) is 5.76. The predicted octanol–water partition coefficient (Wildman–Crippen LogP) is 3.09. The number of thiazole rings is 1. The van der Waals surface area contributed by atoms with Crippen LogP contribution in [0.4, 0.5) is 0 Å². The summed E-state index contributed by atoms with van der Waals surface area (Å²) in [5.41, 5.74) is 0.937. The van der Waals surface area contributed by atoms with E-state index in [1.54, 1.807) is 11.3 Å². The van der Waals surface area contributed by atoms with Crippen LogP contribution in [0, 0.1) is 5.92 Å². The number of nitrogens with one attached hydrogen (secondary N) is 1. The molecule has 124 valence electrons. The van der Waals surface area contributed by atoms with E-state index in [-0.39, 0.29) is 17.6 Å². The van der Waals surface area contributed by atoms with Gasteiger partial charge in [0.2, 0.25) is 5.91 Å². The van der Waals surface area contributed by atoms with E-state index >= 15 is 0 Å². The maximum absolute atomic E-state index is 12.1. The number of benzene rings is 1. The Morgan fingerprint density at radius 3 is 2.78 bits per heavy atom. The van der Waals surface area contributed by atoms with Gasteiger partial charge in [-0.25, -0.2) is 9.78 Å². The summed E-state index contributed by atoms with van der Waals surface area (Å²) in [6.07, 6.45) is 0.783. The van der Waals surface area contributed by atoms with Crippen LogP contribution in [-0.4, -0.2) is 35.8 Å². The Hall–Kier alpha value is -1.60. The van der Waals surface area contributed by atoms with Crippen LogP contribution < -0.4 is 5.32 Å². The van der Waals surface area contributed by atoms with Crippen molar-refractivity contribution in [1.29, 1.82) is 0 Å². The molecule has 2 unspecified atom stereocenters. The molecular weight excluding hydrogens is 332 g/mol. The molecule has 0 saturated heterocycles. The number of nitrogens with zero attached hydrogens (tertiary/aromatic N) is 1. The van der Waals surface area contributed by atoms with Crippen molar-refractivity contribution < 1.29 is 14.3 Å². The summed E-state index contributed by atoms with van der Waals surface area (Å²) in [7, 11) is 1.33. The molecule has 0 saturated carbocycles.